The van der Waals surface area contributed by atoms with Crippen LogP contribution >= 0.6 is 37.5 Å². The predicted molar refractivity (Wildman–Crippen MR) is 151 cm³/mol. The van der Waals surface area contributed by atoms with Crippen molar-refractivity contribution in [2.45, 2.75) is 13.3 Å². The SMILES string of the molecule is CCN1CCN(CC(=O)SCC(=O)c2ccc(NOSN(C)c3ccc(OC(F)(F)F)cc3)cc2)CC1.S. The molecule has 1 fully saturated rings. The summed E-state index contributed by atoms with van der Waals surface area (Å²) in [5.41, 5.74) is 4.41. The summed E-state index contributed by atoms with van der Waals surface area (Å²) >= 11 is 1.97. The summed E-state index contributed by atoms with van der Waals surface area (Å²) in [6.07, 6.45) is -4.74. The van der Waals surface area contributed by atoms with Gasteiger partial charge in [-0.25, -0.2) is 0 Å². The predicted octanol–water partition coefficient (Wildman–Crippen LogP) is 4.82. The average Bonchev–Trinajstić information content (AvgIpc) is 2.87. The van der Waals surface area contributed by atoms with Gasteiger partial charge in [-0.2, -0.15) is 17.8 Å². The first-order valence-electron chi connectivity index (χ1n) is 11.6. The van der Waals surface area contributed by atoms with E-state index in [1.54, 1.807) is 35.6 Å². The second kappa shape index (κ2) is 15.5. The van der Waals surface area contributed by atoms with E-state index < -0.39 is 6.36 Å². The van der Waals surface area contributed by atoms with Crippen molar-refractivity contribution in [2.75, 3.05) is 61.9 Å². The van der Waals surface area contributed by atoms with Gasteiger partial charge < -0.3 is 9.64 Å². The number of nitrogens with one attached hydrogen (secondary N) is 1. The van der Waals surface area contributed by atoms with Crippen LogP contribution in [0.25, 0.3) is 0 Å². The zero-order chi connectivity index (χ0) is 26.8. The topological polar surface area (TPSA) is 74.4 Å². The zero-order valence-electron chi connectivity index (χ0n) is 21.0. The standard InChI is InChI=1S/C24H29F3N4O4S2.H2S/c1-3-30-12-14-31(15-13-30)16-23(33)36-17-22(32)18-4-6-19(7-5-18)28-35-37-29(2)20-8-10-21(11-9-20)34-24(25,26)27;/h4-11,28H,3,12-17H2,1-2H3;1H2. The van der Waals surface area contributed by atoms with Crippen molar-refractivity contribution in [1.82, 2.24) is 9.80 Å². The molecule has 1 heterocycles. The van der Waals surface area contributed by atoms with E-state index >= 15 is 0 Å². The lowest BCUT2D eigenvalue weighted by molar-refractivity contribution is -0.274. The summed E-state index contributed by atoms with van der Waals surface area (Å²) in [5.74, 6) is -0.352. The van der Waals surface area contributed by atoms with E-state index in [-0.39, 0.29) is 35.9 Å². The van der Waals surface area contributed by atoms with Crippen molar-refractivity contribution in [1.29, 1.82) is 0 Å². The highest BCUT2D eigenvalue weighted by Gasteiger charge is 2.31. The molecule has 0 aliphatic carbocycles. The Labute approximate surface area is 235 Å². The van der Waals surface area contributed by atoms with Gasteiger partial charge >= 0.3 is 6.36 Å². The number of hydrogen-bond donors (Lipinski definition) is 1. The minimum absolute atomic E-state index is 0. The number of piperazine rings is 1. The number of likely N-dealkylation sites (N-methyl/N-ethyl adjacent to an activating group) is 1. The lowest BCUT2D eigenvalue weighted by Gasteiger charge is -2.33. The zero-order valence-corrected chi connectivity index (χ0v) is 23.6. The minimum atomic E-state index is -4.74. The molecule has 0 atom stereocenters. The first kappa shape index (κ1) is 32.1. The van der Waals surface area contributed by atoms with Crippen LogP contribution in [0.5, 0.6) is 5.75 Å². The van der Waals surface area contributed by atoms with Crippen molar-refractivity contribution < 1.29 is 31.8 Å². The Morgan fingerprint density at radius 3 is 2.18 bits per heavy atom. The highest BCUT2D eigenvalue weighted by molar-refractivity contribution is 8.14. The van der Waals surface area contributed by atoms with Crippen LogP contribution in [0.1, 0.15) is 17.3 Å². The van der Waals surface area contributed by atoms with Crippen LogP contribution in [0.15, 0.2) is 48.5 Å². The van der Waals surface area contributed by atoms with Gasteiger partial charge in [0.2, 0.25) is 5.12 Å². The molecule has 0 bridgehead atoms. The highest BCUT2D eigenvalue weighted by Crippen LogP contribution is 2.27. The van der Waals surface area contributed by atoms with Crippen LogP contribution in [0.4, 0.5) is 24.5 Å². The Morgan fingerprint density at radius 1 is 1.00 bits per heavy atom. The van der Waals surface area contributed by atoms with E-state index in [4.69, 9.17) is 4.28 Å². The third kappa shape index (κ3) is 10.9. The average molecular weight is 593 g/mol. The number of rotatable bonds is 12. The van der Waals surface area contributed by atoms with E-state index in [1.165, 1.54) is 24.3 Å². The second-order valence-corrected chi connectivity index (χ2v) is 10.1. The Hall–Kier alpha value is -2.10. The number of carbonyl (C=O) groups is 2. The van der Waals surface area contributed by atoms with E-state index in [1.807, 2.05) is 0 Å². The number of benzene rings is 2. The van der Waals surface area contributed by atoms with Crippen molar-refractivity contribution in [3.8, 4) is 5.75 Å². The highest BCUT2D eigenvalue weighted by atomic mass is 32.2. The molecule has 210 valence electrons. The summed E-state index contributed by atoms with van der Waals surface area (Å²) < 4.78 is 47.6. The molecule has 8 nitrogen and oxygen atoms in total. The van der Waals surface area contributed by atoms with Crippen molar-refractivity contribution in [3.05, 3.63) is 54.1 Å². The van der Waals surface area contributed by atoms with Crippen molar-refractivity contribution >= 4 is 59.8 Å². The second-order valence-electron chi connectivity index (χ2n) is 8.17. The summed E-state index contributed by atoms with van der Waals surface area (Å²) in [7, 11) is 1.68. The summed E-state index contributed by atoms with van der Waals surface area (Å²) in [4.78, 5) is 29.2. The minimum Gasteiger partial charge on any atom is -0.406 e. The Kier molecular flexibility index (Phi) is 13.1. The lowest BCUT2D eigenvalue weighted by atomic mass is 10.1. The van der Waals surface area contributed by atoms with Gasteiger partial charge in [0.05, 0.1) is 18.0 Å². The van der Waals surface area contributed by atoms with Gasteiger partial charge in [0.1, 0.15) is 18.0 Å². The quantitative estimate of drug-likeness (QED) is 0.161. The number of anilines is 2. The number of halogens is 3. The number of thioether (sulfide) groups is 1. The molecule has 3 rings (SSSR count). The fourth-order valence-electron chi connectivity index (χ4n) is 3.47. The molecule has 0 unspecified atom stereocenters. The van der Waals surface area contributed by atoms with Gasteiger partial charge in [0.25, 0.3) is 0 Å². The molecule has 1 aliphatic heterocycles. The molecule has 2 aromatic carbocycles. The fraction of sp³-hybridized carbons (Fsp3) is 0.417. The maximum absolute atomic E-state index is 12.5. The summed E-state index contributed by atoms with van der Waals surface area (Å²) in [6.45, 7) is 7.14. The molecule has 0 amide bonds. The number of ketones is 1. The number of carbonyl (C=O) groups excluding carboxylic acids is 2. The van der Waals surface area contributed by atoms with Crippen molar-refractivity contribution in [2.24, 2.45) is 0 Å². The van der Waals surface area contributed by atoms with Gasteiger partial charge in [-0.05, 0) is 55.1 Å². The van der Waals surface area contributed by atoms with Gasteiger partial charge in [-0.15, -0.1) is 13.2 Å². The van der Waals surface area contributed by atoms with Gasteiger partial charge in [-0.1, -0.05) is 18.7 Å². The molecule has 1 N–H and O–H groups in total. The molecular weight excluding hydrogens is 561 g/mol. The lowest BCUT2D eigenvalue weighted by Crippen LogP contribution is -2.47. The number of hydrogen-bond acceptors (Lipinski definition) is 10. The Balaban J connectivity index is 0.00000507. The van der Waals surface area contributed by atoms with Crippen LogP contribution in [0.3, 0.4) is 0 Å². The summed E-state index contributed by atoms with van der Waals surface area (Å²) in [6, 6.07) is 12.0. The normalized spacial score (nSPS) is 14.4. The van der Waals surface area contributed by atoms with Gasteiger partial charge in [0, 0.05) is 44.5 Å². The molecular formula is C24H31F3N4O4S3. The third-order valence-electron chi connectivity index (χ3n) is 5.58. The van der Waals surface area contributed by atoms with Crippen LogP contribution in [0.2, 0.25) is 0 Å². The smallest absolute Gasteiger partial charge is 0.406 e. The van der Waals surface area contributed by atoms with E-state index in [0.29, 0.717) is 23.5 Å². The number of alkyl halides is 3. The van der Waals surface area contributed by atoms with Crippen molar-refractivity contribution in [3.63, 3.8) is 0 Å². The molecule has 0 saturated carbocycles. The molecule has 14 heteroatoms. The molecule has 38 heavy (non-hydrogen) atoms. The number of Topliss-reactive ketones (excluding diaryl/α,β-unsaturated/α-hetero) is 1. The van der Waals surface area contributed by atoms with Gasteiger partial charge in [0.15, 0.2) is 5.78 Å². The molecule has 0 aromatic heterocycles. The molecule has 0 spiro atoms. The van der Waals surface area contributed by atoms with Crippen LogP contribution in [0, 0.1) is 0 Å². The van der Waals surface area contributed by atoms with Crippen LogP contribution in [-0.2, 0) is 9.08 Å². The fourth-order valence-corrected chi connectivity index (χ4v) is 4.65. The third-order valence-corrected chi connectivity index (χ3v) is 7.03. The first-order chi connectivity index (χ1) is 17.6. The van der Waals surface area contributed by atoms with Crippen LogP contribution < -0.4 is 14.5 Å². The number of ether oxygens (including phenoxy) is 1. The number of nitrogens with zero attached hydrogens (tertiary/aromatic N) is 3. The van der Waals surface area contributed by atoms with E-state index in [2.05, 4.69) is 26.9 Å². The Morgan fingerprint density at radius 2 is 1.61 bits per heavy atom. The maximum atomic E-state index is 12.5. The first-order valence-corrected chi connectivity index (χ1v) is 13.2. The maximum Gasteiger partial charge on any atom is 0.573 e. The monoisotopic (exact) mass is 592 g/mol. The molecule has 0 radical (unpaired) electrons. The molecule has 2 aromatic rings. The van der Waals surface area contributed by atoms with E-state index in [0.717, 1.165) is 56.7 Å². The molecule has 1 aliphatic rings. The van der Waals surface area contributed by atoms with E-state index in [9.17, 15) is 22.8 Å². The van der Waals surface area contributed by atoms with Gasteiger partial charge in [-0.3, -0.25) is 24.3 Å². The Bertz CT molecular complexity index is 1020. The summed E-state index contributed by atoms with van der Waals surface area (Å²) in [5, 5.41) is -0.00588. The largest absolute Gasteiger partial charge is 0.573 e. The molecule has 1 saturated heterocycles. The van der Waals surface area contributed by atoms with Crippen LogP contribution in [-0.4, -0.2) is 79.1 Å².